The molecule has 0 unspecified atom stereocenters. The first-order valence-corrected chi connectivity index (χ1v) is 7.34. The van der Waals surface area contributed by atoms with Gasteiger partial charge in [0.15, 0.2) is 0 Å². The molecule has 5 nitrogen and oxygen atoms in total. The average molecular weight is 295 g/mol. The van der Waals surface area contributed by atoms with Gasteiger partial charge in [-0.2, -0.15) is 5.10 Å². The number of pyridine rings is 1. The van der Waals surface area contributed by atoms with Crippen LogP contribution in [-0.2, 0) is 0 Å². The van der Waals surface area contributed by atoms with Crippen molar-refractivity contribution in [3.63, 3.8) is 0 Å². The van der Waals surface area contributed by atoms with Crippen molar-refractivity contribution in [1.29, 1.82) is 0 Å². The quantitative estimate of drug-likeness (QED) is 0.882. The summed E-state index contributed by atoms with van der Waals surface area (Å²) in [5.74, 6) is 0.586. The molecule has 0 radical (unpaired) electrons. The molecule has 112 valence electrons. The topological polar surface area (TPSA) is 67.5 Å². The van der Waals surface area contributed by atoms with E-state index >= 15 is 0 Å². The average Bonchev–Trinajstić information content (AvgIpc) is 3.07. The van der Waals surface area contributed by atoms with Gasteiger partial charge in [0.1, 0.15) is 5.76 Å². The van der Waals surface area contributed by atoms with Gasteiger partial charge in [-0.25, -0.2) is 5.43 Å². The van der Waals surface area contributed by atoms with Crippen molar-refractivity contribution < 1.29 is 9.21 Å². The lowest BCUT2D eigenvalue weighted by atomic mass is 9.92. The number of nitrogens with zero attached hydrogens (tertiary/aromatic N) is 2. The highest BCUT2D eigenvalue weighted by atomic mass is 16.3. The van der Waals surface area contributed by atoms with Crippen molar-refractivity contribution in [2.75, 3.05) is 0 Å². The van der Waals surface area contributed by atoms with Crippen molar-refractivity contribution in [3.8, 4) is 0 Å². The Morgan fingerprint density at radius 3 is 2.82 bits per heavy atom. The molecule has 0 aliphatic heterocycles. The Morgan fingerprint density at radius 1 is 1.23 bits per heavy atom. The molecule has 1 saturated carbocycles. The van der Waals surface area contributed by atoms with Gasteiger partial charge in [0, 0.05) is 18.0 Å². The summed E-state index contributed by atoms with van der Waals surface area (Å²) in [4.78, 5) is 15.9. The highest BCUT2D eigenvalue weighted by molar-refractivity contribution is 6.05. The first-order valence-electron chi connectivity index (χ1n) is 7.34. The molecule has 22 heavy (non-hydrogen) atoms. The van der Waals surface area contributed by atoms with Gasteiger partial charge in [0.25, 0.3) is 5.91 Å². The highest BCUT2D eigenvalue weighted by Crippen LogP contribution is 2.23. The van der Waals surface area contributed by atoms with Gasteiger partial charge in [0.05, 0.1) is 12.0 Å². The summed E-state index contributed by atoms with van der Waals surface area (Å²) in [6.07, 6.45) is 10.8. The third kappa shape index (κ3) is 3.49. The Labute approximate surface area is 128 Å². The minimum atomic E-state index is -0.224. The van der Waals surface area contributed by atoms with Crippen LogP contribution in [-0.4, -0.2) is 16.6 Å². The lowest BCUT2D eigenvalue weighted by molar-refractivity contribution is 0.0954. The Balaban J connectivity index is 1.75. The molecule has 0 atom stereocenters. The van der Waals surface area contributed by atoms with Crippen LogP contribution in [0.4, 0.5) is 0 Å². The zero-order valence-electron chi connectivity index (χ0n) is 12.2. The zero-order chi connectivity index (χ0) is 15.2. The van der Waals surface area contributed by atoms with Gasteiger partial charge in [0.2, 0.25) is 0 Å². The summed E-state index contributed by atoms with van der Waals surface area (Å²) in [5.41, 5.74) is 5.22. The molecule has 1 aliphatic rings. The van der Waals surface area contributed by atoms with Crippen LogP contribution in [0.2, 0.25) is 0 Å². The van der Waals surface area contributed by atoms with Crippen molar-refractivity contribution >= 4 is 17.7 Å². The minimum absolute atomic E-state index is 0.224. The van der Waals surface area contributed by atoms with Crippen molar-refractivity contribution in [2.24, 2.45) is 5.10 Å². The van der Waals surface area contributed by atoms with Crippen LogP contribution < -0.4 is 5.43 Å². The summed E-state index contributed by atoms with van der Waals surface area (Å²) < 4.78 is 5.35. The van der Waals surface area contributed by atoms with Gasteiger partial charge in [-0.05, 0) is 61.6 Å². The number of hydrogen-bond acceptors (Lipinski definition) is 4. The maximum absolute atomic E-state index is 12.0. The fourth-order valence-electron chi connectivity index (χ4n) is 2.43. The third-order valence-corrected chi connectivity index (χ3v) is 3.57. The van der Waals surface area contributed by atoms with E-state index in [4.69, 9.17) is 4.42 Å². The second-order valence-electron chi connectivity index (χ2n) is 5.13. The van der Waals surface area contributed by atoms with Gasteiger partial charge >= 0.3 is 0 Å². The van der Waals surface area contributed by atoms with E-state index in [0.717, 1.165) is 42.7 Å². The standard InChI is InChI=1S/C17H17N3O2/c21-17(13-7-9-18-10-8-13)20-19-16-6-2-1-4-14(16)12-15-5-3-11-22-15/h3,5,7-12H,1-2,4,6H2,(H,20,21)/b14-12+,19-16+. The van der Waals surface area contributed by atoms with E-state index in [-0.39, 0.29) is 5.91 Å². The molecule has 2 aromatic rings. The van der Waals surface area contributed by atoms with Crippen LogP contribution in [0.25, 0.3) is 6.08 Å². The first-order chi connectivity index (χ1) is 10.8. The number of aromatic nitrogens is 1. The Bertz CT molecular complexity index is 688. The third-order valence-electron chi connectivity index (χ3n) is 3.57. The molecule has 2 aromatic heterocycles. The number of allylic oxidation sites excluding steroid dienone is 1. The van der Waals surface area contributed by atoms with Crippen LogP contribution in [0, 0.1) is 0 Å². The fraction of sp³-hybridized carbons (Fsp3) is 0.235. The number of carbonyl (C=O) groups is 1. The predicted molar refractivity (Wildman–Crippen MR) is 84.3 cm³/mol. The SMILES string of the molecule is O=C(N/N=C1\CCCC\C1=C/c1ccco1)c1ccncc1. The second kappa shape index (κ2) is 6.85. The van der Waals surface area contributed by atoms with Gasteiger partial charge in [-0.3, -0.25) is 9.78 Å². The monoisotopic (exact) mass is 295 g/mol. The van der Waals surface area contributed by atoms with Crippen LogP contribution in [0.5, 0.6) is 0 Å². The minimum Gasteiger partial charge on any atom is -0.465 e. The number of amides is 1. The second-order valence-corrected chi connectivity index (χ2v) is 5.13. The number of hydrazone groups is 1. The lowest BCUT2D eigenvalue weighted by Gasteiger charge is -2.16. The van der Waals surface area contributed by atoms with Crippen molar-refractivity contribution in [1.82, 2.24) is 10.4 Å². The number of nitrogens with one attached hydrogen (secondary N) is 1. The van der Waals surface area contributed by atoms with Crippen LogP contribution in [0.1, 0.15) is 41.8 Å². The molecule has 0 spiro atoms. The summed E-state index contributed by atoms with van der Waals surface area (Å²) >= 11 is 0. The maximum atomic E-state index is 12.0. The van der Waals surface area contributed by atoms with E-state index in [0.29, 0.717) is 5.56 Å². The van der Waals surface area contributed by atoms with E-state index in [1.807, 2.05) is 18.2 Å². The van der Waals surface area contributed by atoms with E-state index < -0.39 is 0 Å². The van der Waals surface area contributed by atoms with Gasteiger partial charge < -0.3 is 4.42 Å². The fourth-order valence-corrected chi connectivity index (χ4v) is 2.43. The van der Waals surface area contributed by atoms with E-state index in [1.54, 1.807) is 30.8 Å². The summed E-state index contributed by atoms with van der Waals surface area (Å²) in [5, 5.41) is 4.31. The molecular formula is C17H17N3O2. The molecule has 2 heterocycles. The van der Waals surface area contributed by atoms with Crippen molar-refractivity contribution in [3.05, 3.63) is 59.8 Å². The molecule has 0 saturated heterocycles. The van der Waals surface area contributed by atoms with Crippen molar-refractivity contribution in [2.45, 2.75) is 25.7 Å². The molecular weight excluding hydrogens is 278 g/mol. The van der Waals surface area contributed by atoms with Crippen LogP contribution in [0.15, 0.2) is 58.0 Å². The normalized spacial score (nSPS) is 18.5. The highest BCUT2D eigenvalue weighted by Gasteiger charge is 2.15. The summed E-state index contributed by atoms with van der Waals surface area (Å²) in [6.45, 7) is 0. The molecule has 1 N–H and O–H groups in total. The van der Waals surface area contributed by atoms with Crippen LogP contribution >= 0.6 is 0 Å². The van der Waals surface area contributed by atoms with E-state index in [1.165, 1.54) is 0 Å². The Morgan fingerprint density at radius 2 is 2.05 bits per heavy atom. The molecule has 0 aromatic carbocycles. The number of rotatable bonds is 3. The Kier molecular flexibility index (Phi) is 4.44. The van der Waals surface area contributed by atoms with E-state index in [9.17, 15) is 4.79 Å². The smallest absolute Gasteiger partial charge is 0.271 e. The molecule has 1 aliphatic carbocycles. The lowest BCUT2D eigenvalue weighted by Crippen LogP contribution is -2.21. The molecule has 1 fully saturated rings. The maximum Gasteiger partial charge on any atom is 0.271 e. The molecule has 3 rings (SSSR count). The van der Waals surface area contributed by atoms with Gasteiger partial charge in [-0.1, -0.05) is 0 Å². The summed E-state index contributed by atoms with van der Waals surface area (Å²) in [6, 6.07) is 7.10. The Hall–Kier alpha value is -2.69. The van der Waals surface area contributed by atoms with Gasteiger partial charge in [-0.15, -0.1) is 0 Å². The molecule has 5 heteroatoms. The molecule has 0 bridgehead atoms. The predicted octanol–water partition coefficient (Wildman–Crippen LogP) is 3.42. The summed E-state index contributed by atoms with van der Waals surface area (Å²) in [7, 11) is 0. The van der Waals surface area contributed by atoms with E-state index in [2.05, 4.69) is 15.5 Å². The molecule has 1 amide bonds. The number of carbonyl (C=O) groups excluding carboxylic acids is 1. The first kappa shape index (κ1) is 14.3. The number of hydrogen-bond donors (Lipinski definition) is 1. The zero-order valence-corrected chi connectivity index (χ0v) is 12.2. The van der Waals surface area contributed by atoms with Crippen LogP contribution in [0.3, 0.4) is 0 Å². The number of furan rings is 1. The largest absolute Gasteiger partial charge is 0.465 e.